The Morgan fingerprint density at radius 3 is 2.00 bits per heavy atom. The van der Waals surface area contributed by atoms with Crippen LogP contribution in [0.15, 0.2) is 11.1 Å². The van der Waals surface area contributed by atoms with Crippen molar-refractivity contribution < 1.29 is 19.1 Å². The van der Waals surface area contributed by atoms with Crippen LogP contribution >= 0.6 is 15.9 Å². The second kappa shape index (κ2) is 5.80. The molecule has 0 spiro atoms. The van der Waals surface area contributed by atoms with Crippen LogP contribution in [0.1, 0.15) is 13.3 Å². The van der Waals surface area contributed by atoms with E-state index in [1.165, 1.54) is 21.1 Å². The minimum absolute atomic E-state index is 0.234. The molecule has 0 aliphatic rings. The molecule has 0 aliphatic heterocycles. The number of methoxy groups -OCH3 is 2. The molecule has 0 N–H and O–H groups in total. The smallest absolute Gasteiger partial charge is 0.323 e. The van der Waals surface area contributed by atoms with Gasteiger partial charge in [0.2, 0.25) is 0 Å². The van der Waals surface area contributed by atoms with Gasteiger partial charge in [-0.25, -0.2) is 0 Å². The van der Waals surface area contributed by atoms with Gasteiger partial charge in [0.05, 0.1) is 14.2 Å². The molecule has 0 bridgehead atoms. The number of allylic oxidation sites excluding steroid dienone is 1. The van der Waals surface area contributed by atoms with E-state index < -0.39 is 17.4 Å². The zero-order valence-corrected chi connectivity index (χ0v) is 9.96. The van der Waals surface area contributed by atoms with Gasteiger partial charge in [-0.3, -0.25) is 9.59 Å². The Balaban J connectivity index is 4.83. The molecule has 0 amide bonds. The van der Waals surface area contributed by atoms with Crippen LogP contribution in [0.5, 0.6) is 0 Å². The van der Waals surface area contributed by atoms with Gasteiger partial charge in [-0.1, -0.05) is 22.0 Å². The standard InChI is InChI=1S/C9H13BrO4/c1-9(5-4-6-10,7(11)13-2)8(12)14-3/h4,6H,5H2,1-3H3. The third-order valence-electron chi connectivity index (χ3n) is 1.89. The summed E-state index contributed by atoms with van der Waals surface area (Å²) in [6.07, 6.45) is 1.88. The quantitative estimate of drug-likeness (QED) is 0.572. The highest BCUT2D eigenvalue weighted by atomic mass is 79.9. The van der Waals surface area contributed by atoms with E-state index >= 15 is 0 Å². The van der Waals surface area contributed by atoms with Gasteiger partial charge in [0.15, 0.2) is 5.41 Å². The van der Waals surface area contributed by atoms with Gasteiger partial charge in [-0.15, -0.1) is 0 Å². The first-order valence-electron chi connectivity index (χ1n) is 3.95. The molecule has 0 aromatic carbocycles. The molecule has 0 saturated heterocycles. The molecule has 0 aromatic heterocycles. The summed E-state index contributed by atoms with van der Waals surface area (Å²) < 4.78 is 9.09. The van der Waals surface area contributed by atoms with Gasteiger partial charge in [0.1, 0.15) is 0 Å². The molecule has 0 unspecified atom stereocenters. The van der Waals surface area contributed by atoms with E-state index in [2.05, 4.69) is 25.4 Å². The molecule has 0 aliphatic carbocycles. The van der Waals surface area contributed by atoms with Gasteiger partial charge in [0, 0.05) is 0 Å². The number of carbonyl (C=O) groups is 2. The third-order valence-corrected chi connectivity index (χ3v) is 2.26. The molecular weight excluding hydrogens is 252 g/mol. The van der Waals surface area contributed by atoms with Gasteiger partial charge >= 0.3 is 11.9 Å². The van der Waals surface area contributed by atoms with E-state index in [-0.39, 0.29) is 6.42 Å². The summed E-state index contributed by atoms with van der Waals surface area (Å²) in [5.74, 6) is -1.20. The Kier molecular flexibility index (Phi) is 5.45. The van der Waals surface area contributed by atoms with Crippen molar-refractivity contribution in [1.29, 1.82) is 0 Å². The van der Waals surface area contributed by atoms with E-state index in [0.717, 1.165) is 0 Å². The molecule has 0 heterocycles. The van der Waals surface area contributed by atoms with Crippen LogP contribution in [0.2, 0.25) is 0 Å². The zero-order valence-electron chi connectivity index (χ0n) is 8.37. The van der Waals surface area contributed by atoms with Crippen LogP contribution in [-0.2, 0) is 19.1 Å². The van der Waals surface area contributed by atoms with E-state index in [0.29, 0.717) is 0 Å². The summed E-state index contributed by atoms with van der Waals surface area (Å²) in [4.78, 5) is 24.3. The van der Waals surface area contributed by atoms with Crippen LogP contribution in [0.25, 0.3) is 0 Å². The molecule has 5 heteroatoms. The average Bonchev–Trinajstić information content (AvgIpc) is 2.23. The predicted molar refractivity (Wildman–Crippen MR) is 54.8 cm³/mol. The van der Waals surface area contributed by atoms with Crippen molar-refractivity contribution >= 4 is 27.9 Å². The largest absolute Gasteiger partial charge is 0.468 e. The normalized spacial score (nSPS) is 11.4. The molecule has 0 radical (unpaired) electrons. The summed E-state index contributed by atoms with van der Waals surface area (Å²) in [5.41, 5.74) is -1.27. The fraction of sp³-hybridized carbons (Fsp3) is 0.556. The highest BCUT2D eigenvalue weighted by molar-refractivity contribution is 9.11. The lowest BCUT2D eigenvalue weighted by Crippen LogP contribution is -2.38. The number of hydrogen-bond acceptors (Lipinski definition) is 4. The summed E-state index contributed by atoms with van der Waals surface area (Å²) in [6, 6.07) is 0. The first kappa shape index (κ1) is 13.2. The maximum atomic E-state index is 11.4. The number of halogens is 1. The van der Waals surface area contributed by atoms with Crippen LogP contribution in [0.4, 0.5) is 0 Å². The highest BCUT2D eigenvalue weighted by Gasteiger charge is 2.42. The van der Waals surface area contributed by atoms with Gasteiger partial charge in [0.25, 0.3) is 0 Å². The fourth-order valence-corrected chi connectivity index (χ4v) is 1.17. The second-order valence-electron chi connectivity index (χ2n) is 2.88. The Labute approximate surface area is 91.4 Å². The topological polar surface area (TPSA) is 52.6 Å². The molecule has 4 nitrogen and oxygen atoms in total. The molecule has 0 saturated carbocycles. The van der Waals surface area contributed by atoms with E-state index in [4.69, 9.17) is 0 Å². The lowest BCUT2D eigenvalue weighted by atomic mass is 9.87. The van der Waals surface area contributed by atoms with Gasteiger partial charge in [-0.05, 0) is 18.3 Å². The number of carbonyl (C=O) groups excluding carboxylic acids is 2. The maximum Gasteiger partial charge on any atom is 0.323 e. The molecule has 0 aromatic rings. The molecule has 0 rings (SSSR count). The van der Waals surface area contributed by atoms with E-state index in [1.807, 2.05) is 0 Å². The van der Waals surface area contributed by atoms with E-state index in [9.17, 15) is 9.59 Å². The van der Waals surface area contributed by atoms with Gasteiger partial charge < -0.3 is 9.47 Å². The first-order valence-corrected chi connectivity index (χ1v) is 4.86. The number of rotatable bonds is 4. The minimum Gasteiger partial charge on any atom is -0.468 e. The Bertz CT molecular complexity index is 231. The third kappa shape index (κ3) is 2.83. The first-order chi connectivity index (χ1) is 6.52. The zero-order chi connectivity index (χ0) is 11.2. The fourth-order valence-electron chi connectivity index (χ4n) is 0.981. The predicted octanol–water partition coefficient (Wildman–Crippen LogP) is 1.64. The second-order valence-corrected chi connectivity index (χ2v) is 3.41. The number of hydrogen-bond donors (Lipinski definition) is 0. The summed E-state index contributed by atoms with van der Waals surface area (Å²) in [6.45, 7) is 1.48. The van der Waals surface area contributed by atoms with Crippen molar-refractivity contribution in [2.75, 3.05) is 14.2 Å². The van der Waals surface area contributed by atoms with Crippen LogP contribution in [0, 0.1) is 5.41 Å². The van der Waals surface area contributed by atoms with Gasteiger partial charge in [-0.2, -0.15) is 0 Å². The Morgan fingerprint density at radius 2 is 1.71 bits per heavy atom. The molecule has 80 valence electrons. The van der Waals surface area contributed by atoms with Crippen molar-refractivity contribution in [3.8, 4) is 0 Å². The molecule has 0 fully saturated rings. The van der Waals surface area contributed by atoms with Crippen molar-refractivity contribution in [3.05, 3.63) is 11.1 Å². The van der Waals surface area contributed by atoms with Crippen molar-refractivity contribution in [3.63, 3.8) is 0 Å². The lowest BCUT2D eigenvalue weighted by Gasteiger charge is -2.21. The van der Waals surface area contributed by atoms with Crippen LogP contribution < -0.4 is 0 Å². The lowest BCUT2D eigenvalue weighted by molar-refractivity contribution is -0.167. The molecule has 14 heavy (non-hydrogen) atoms. The monoisotopic (exact) mass is 264 g/mol. The van der Waals surface area contributed by atoms with E-state index in [1.54, 1.807) is 11.1 Å². The summed E-state index contributed by atoms with van der Waals surface area (Å²) >= 11 is 3.06. The number of ether oxygens (including phenoxy) is 2. The van der Waals surface area contributed by atoms with Crippen molar-refractivity contribution in [2.45, 2.75) is 13.3 Å². The summed E-state index contributed by atoms with van der Waals surface area (Å²) in [5, 5.41) is 0. The minimum atomic E-state index is -1.27. The summed E-state index contributed by atoms with van der Waals surface area (Å²) in [7, 11) is 2.47. The molecule has 0 atom stereocenters. The van der Waals surface area contributed by atoms with Crippen molar-refractivity contribution in [1.82, 2.24) is 0 Å². The SMILES string of the molecule is COC(=O)C(C)(CC=CBr)C(=O)OC. The highest BCUT2D eigenvalue weighted by Crippen LogP contribution is 2.25. The Morgan fingerprint density at radius 1 is 1.29 bits per heavy atom. The van der Waals surface area contributed by atoms with Crippen LogP contribution in [0.3, 0.4) is 0 Å². The number of esters is 2. The molecular formula is C9H13BrO4. The van der Waals surface area contributed by atoms with Crippen LogP contribution in [-0.4, -0.2) is 26.2 Å². The Hall–Kier alpha value is -0.840. The average molecular weight is 265 g/mol. The van der Waals surface area contributed by atoms with Crippen molar-refractivity contribution in [2.24, 2.45) is 5.41 Å². The maximum absolute atomic E-state index is 11.4.